The molecule has 1 aliphatic rings. The SMILES string of the molecule is CCCNC(c1ccsc1)c1ccc2c(c1)COC2. The van der Waals surface area contributed by atoms with Crippen LogP contribution in [0.4, 0.5) is 0 Å². The zero-order valence-corrected chi connectivity index (χ0v) is 12.0. The van der Waals surface area contributed by atoms with Crippen LogP contribution in [-0.4, -0.2) is 6.54 Å². The van der Waals surface area contributed by atoms with Gasteiger partial charge >= 0.3 is 0 Å². The van der Waals surface area contributed by atoms with Crippen LogP contribution in [-0.2, 0) is 18.0 Å². The Balaban J connectivity index is 1.90. The molecule has 0 saturated heterocycles. The number of fused-ring (bicyclic) bond motifs is 1. The average molecular weight is 273 g/mol. The maximum atomic E-state index is 5.50. The first kappa shape index (κ1) is 12.9. The Kier molecular flexibility index (Phi) is 3.97. The smallest absolute Gasteiger partial charge is 0.0725 e. The van der Waals surface area contributed by atoms with E-state index in [0.29, 0.717) is 6.04 Å². The Morgan fingerprint density at radius 2 is 2.11 bits per heavy atom. The van der Waals surface area contributed by atoms with E-state index < -0.39 is 0 Å². The van der Waals surface area contributed by atoms with Gasteiger partial charge in [-0.25, -0.2) is 0 Å². The summed E-state index contributed by atoms with van der Waals surface area (Å²) in [5, 5.41) is 8.02. The fourth-order valence-electron chi connectivity index (χ4n) is 2.53. The van der Waals surface area contributed by atoms with E-state index in [1.54, 1.807) is 11.3 Å². The summed E-state index contributed by atoms with van der Waals surface area (Å²) < 4.78 is 5.50. The Bertz CT molecular complexity index is 536. The average Bonchev–Trinajstić information content (AvgIpc) is 3.09. The number of nitrogens with one attached hydrogen (secondary N) is 1. The number of thiophene rings is 1. The molecule has 2 aromatic rings. The first-order chi connectivity index (χ1) is 9.38. The van der Waals surface area contributed by atoms with Crippen LogP contribution in [0.25, 0.3) is 0 Å². The van der Waals surface area contributed by atoms with Gasteiger partial charge in [-0.05, 0) is 52.0 Å². The topological polar surface area (TPSA) is 21.3 Å². The first-order valence-electron chi connectivity index (χ1n) is 6.83. The van der Waals surface area contributed by atoms with Gasteiger partial charge in [0.15, 0.2) is 0 Å². The quantitative estimate of drug-likeness (QED) is 0.893. The van der Waals surface area contributed by atoms with Gasteiger partial charge in [0.1, 0.15) is 0 Å². The molecule has 0 aliphatic carbocycles. The van der Waals surface area contributed by atoms with Gasteiger partial charge in [-0.1, -0.05) is 25.1 Å². The molecule has 0 fully saturated rings. The Hall–Kier alpha value is -1.16. The van der Waals surface area contributed by atoms with E-state index in [4.69, 9.17) is 4.74 Å². The van der Waals surface area contributed by atoms with Gasteiger partial charge < -0.3 is 10.1 Å². The van der Waals surface area contributed by atoms with Crippen LogP contribution < -0.4 is 5.32 Å². The van der Waals surface area contributed by atoms with Crippen molar-refractivity contribution in [1.82, 2.24) is 5.32 Å². The van der Waals surface area contributed by atoms with Crippen molar-refractivity contribution in [3.8, 4) is 0 Å². The van der Waals surface area contributed by atoms with Crippen LogP contribution in [0.3, 0.4) is 0 Å². The van der Waals surface area contributed by atoms with E-state index in [1.807, 2.05) is 0 Å². The van der Waals surface area contributed by atoms with Crippen LogP contribution in [0.2, 0.25) is 0 Å². The molecule has 1 atom stereocenters. The van der Waals surface area contributed by atoms with Gasteiger partial charge in [-0.2, -0.15) is 11.3 Å². The third-order valence-corrected chi connectivity index (χ3v) is 4.26. The minimum absolute atomic E-state index is 0.303. The number of benzene rings is 1. The number of hydrogen-bond acceptors (Lipinski definition) is 3. The molecule has 0 spiro atoms. The highest BCUT2D eigenvalue weighted by molar-refractivity contribution is 7.08. The lowest BCUT2D eigenvalue weighted by Crippen LogP contribution is -2.22. The molecular weight excluding hydrogens is 254 g/mol. The predicted molar refractivity (Wildman–Crippen MR) is 79.4 cm³/mol. The molecule has 1 aromatic heterocycles. The van der Waals surface area contributed by atoms with Crippen LogP contribution in [0.5, 0.6) is 0 Å². The Morgan fingerprint density at radius 1 is 1.21 bits per heavy atom. The van der Waals surface area contributed by atoms with Crippen molar-refractivity contribution in [3.05, 3.63) is 57.3 Å². The third kappa shape index (κ3) is 2.73. The predicted octanol–water partition coefficient (Wildman–Crippen LogP) is 3.87. The lowest BCUT2D eigenvalue weighted by molar-refractivity contribution is 0.134. The van der Waals surface area contributed by atoms with E-state index in [2.05, 4.69) is 47.3 Å². The standard InChI is InChI=1S/C16H19NOS/c1-2-6-17-16(14-5-7-19-11-14)12-3-4-13-9-18-10-15(13)8-12/h3-5,7-8,11,16-17H,2,6,9-10H2,1H3. The summed E-state index contributed by atoms with van der Waals surface area (Å²) in [5.74, 6) is 0. The molecule has 19 heavy (non-hydrogen) atoms. The van der Waals surface area contributed by atoms with Crippen molar-refractivity contribution < 1.29 is 4.74 Å². The maximum absolute atomic E-state index is 5.50. The van der Waals surface area contributed by atoms with Gasteiger partial charge in [-0.3, -0.25) is 0 Å². The van der Waals surface area contributed by atoms with E-state index in [1.165, 1.54) is 22.3 Å². The molecule has 1 aromatic carbocycles. The second-order valence-electron chi connectivity index (χ2n) is 4.96. The first-order valence-corrected chi connectivity index (χ1v) is 7.77. The molecule has 0 bridgehead atoms. The van der Waals surface area contributed by atoms with Gasteiger partial charge in [0.25, 0.3) is 0 Å². The summed E-state index contributed by atoms with van der Waals surface area (Å²) in [6.45, 7) is 4.76. The molecule has 3 heteroatoms. The number of hydrogen-bond donors (Lipinski definition) is 1. The molecule has 0 amide bonds. The minimum atomic E-state index is 0.303. The molecule has 2 nitrogen and oxygen atoms in total. The highest BCUT2D eigenvalue weighted by Gasteiger charge is 2.17. The second kappa shape index (κ2) is 5.87. The largest absolute Gasteiger partial charge is 0.372 e. The molecule has 0 radical (unpaired) electrons. The minimum Gasteiger partial charge on any atom is -0.372 e. The maximum Gasteiger partial charge on any atom is 0.0725 e. The highest BCUT2D eigenvalue weighted by Crippen LogP contribution is 2.28. The van der Waals surface area contributed by atoms with Crippen LogP contribution >= 0.6 is 11.3 Å². The van der Waals surface area contributed by atoms with Crippen molar-refractivity contribution in [3.63, 3.8) is 0 Å². The molecular formula is C16H19NOS. The lowest BCUT2D eigenvalue weighted by Gasteiger charge is -2.19. The molecule has 100 valence electrons. The van der Waals surface area contributed by atoms with Crippen molar-refractivity contribution >= 4 is 11.3 Å². The zero-order chi connectivity index (χ0) is 13.1. The van der Waals surface area contributed by atoms with Crippen molar-refractivity contribution in [2.24, 2.45) is 0 Å². The number of ether oxygens (including phenoxy) is 1. The summed E-state index contributed by atoms with van der Waals surface area (Å²) in [6, 6.07) is 9.26. The van der Waals surface area contributed by atoms with Crippen molar-refractivity contribution in [2.45, 2.75) is 32.6 Å². The summed E-state index contributed by atoms with van der Waals surface area (Å²) in [4.78, 5) is 0. The summed E-state index contributed by atoms with van der Waals surface area (Å²) in [6.07, 6.45) is 1.15. The fourth-order valence-corrected chi connectivity index (χ4v) is 3.21. The van der Waals surface area contributed by atoms with Crippen molar-refractivity contribution in [2.75, 3.05) is 6.54 Å². The van der Waals surface area contributed by atoms with E-state index >= 15 is 0 Å². The van der Waals surface area contributed by atoms with Crippen LogP contribution in [0, 0.1) is 0 Å². The van der Waals surface area contributed by atoms with E-state index in [0.717, 1.165) is 26.2 Å². The number of rotatable bonds is 5. The van der Waals surface area contributed by atoms with Crippen LogP contribution in [0.1, 0.15) is 41.6 Å². The molecule has 1 unspecified atom stereocenters. The highest BCUT2D eigenvalue weighted by atomic mass is 32.1. The second-order valence-corrected chi connectivity index (χ2v) is 5.74. The van der Waals surface area contributed by atoms with Gasteiger partial charge in [0.2, 0.25) is 0 Å². The van der Waals surface area contributed by atoms with Gasteiger partial charge in [-0.15, -0.1) is 0 Å². The van der Waals surface area contributed by atoms with E-state index in [9.17, 15) is 0 Å². The zero-order valence-electron chi connectivity index (χ0n) is 11.2. The van der Waals surface area contributed by atoms with Crippen LogP contribution in [0.15, 0.2) is 35.0 Å². The lowest BCUT2D eigenvalue weighted by atomic mass is 9.97. The summed E-state index contributed by atoms with van der Waals surface area (Å²) in [5.41, 5.74) is 5.38. The summed E-state index contributed by atoms with van der Waals surface area (Å²) >= 11 is 1.76. The van der Waals surface area contributed by atoms with E-state index in [-0.39, 0.29) is 0 Å². The van der Waals surface area contributed by atoms with Crippen molar-refractivity contribution in [1.29, 1.82) is 0 Å². The van der Waals surface area contributed by atoms with Gasteiger partial charge in [0.05, 0.1) is 19.3 Å². The molecule has 1 aliphatic heterocycles. The Morgan fingerprint density at radius 3 is 2.89 bits per heavy atom. The Labute approximate surface area is 118 Å². The molecule has 2 heterocycles. The molecule has 1 N–H and O–H groups in total. The fraction of sp³-hybridized carbons (Fsp3) is 0.375. The third-order valence-electron chi connectivity index (χ3n) is 3.55. The normalized spacial score (nSPS) is 15.4. The van der Waals surface area contributed by atoms with Gasteiger partial charge in [0, 0.05) is 0 Å². The molecule has 3 rings (SSSR count). The summed E-state index contributed by atoms with van der Waals surface area (Å²) in [7, 11) is 0. The molecule has 0 saturated carbocycles. The monoisotopic (exact) mass is 273 g/mol.